The van der Waals surface area contributed by atoms with Crippen LogP contribution in [0.25, 0.3) is 5.70 Å². The molecule has 0 saturated heterocycles. The highest BCUT2D eigenvalue weighted by Gasteiger charge is 2.21. The summed E-state index contributed by atoms with van der Waals surface area (Å²) >= 11 is 0. The van der Waals surface area contributed by atoms with Gasteiger partial charge in [0.15, 0.2) is 0 Å². The predicted octanol–water partition coefficient (Wildman–Crippen LogP) is 7.70. The number of nitrogens with one attached hydrogen (secondary N) is 3. The molecule has 0 aliphatic carbocycles. The zero-order chi connectivity index (χ0) is 35.7. The maximum atomic E-state index is 12.3. The number of rotatable bonds is 19. The molecule has 0 spiro atoms. The summed E-state index contributed by atoms with van der Waals surface area (Å²) < 4.78 is 5.19. The fraction of sp³-hybridized carbons (Fsp3) is 0.359. The van der Waals surface area contributed by atoms with Crippen LogP contribution in [-0.2, 0) is 27.5 Å². The first-order chi connectivity index (χ1) is 23.2. The quantitative estimate of drug-likeness (QED) is 0.0902. The van der Waals surface area contributed by atoms with Gasteiger partial charge in [0.2, 0.25) is 6.41 Å². The summed E-state index contributed by atoms with van der Waals surface area (Å²) in [6.07, 6.45) is 13.6. The number of carboxylic acid groups (broad SMARTS) is 1. The fourth-order valence-corrected chi connectivity index (χ4v) is 4.37. The lowest BCUT2D eigenvalue weighted by Crippen LogP contribution is -2.47. The summed E-state index contributed by atoms with van der Waals surface area (Å²) in [5, 5.41) is 18.7. The van der Waals surface area contributed by atoms with Gasteiger partial charge < -0.3 is 30.7 Å². The molecule has 1 atom stereocenters. The van der Waals surface area contributed by atoms with E-state index in [1.807, 2.05) is 127 Å². The maximum Gasteiger partial charge on any atom is 0.408 e. The van der Waals surface area contributed by atoms with Crippen molar-refractivity contribution in [2.45, 2.75) is 80.5 Å². The number of carboxylic acids is 1. The molecule has 48 heavy (non-hydrogen) atoms. The standard InChI is InChI=1S/C37H48N4O5.C2H6/c1-6-9-11-16-28(4)29(5)39-33(14-7-2)25-41(27-42)24-30-19-21-32(22-20-30)34(15-8-3)38-23-35(36(43)44)40-37(45)46-26-31-17-12-10-13-18-31;1-2/h6,9-22,27,35,38-39H,7-8,23-26H2,1-5H3,(H,40,45)(H,43,44);1-2H3/b9-6-,16-11-,29-28+,33-14+,34-15+;. The van der Waals surface area contributed by atoms with Crippen molar-refractivity contribution in [1.82, 2.24) is 20.9 Å². The van der Waals surface area contributed by atoms with Crippen LogP contribution in [0.5, 0.6) is 0 Å². The molecule has 2 aromatic carbocycles. The van der Waals surface area contributed by atoms with Crippen LogP contribution in [-0.4, -0.2) is 47.6 Å². The molecule has 2 rings (SSSR count). The highest BCUT2D eigenvalue weighted by atomic mass is 16.5. The van der Waals surface area contributed by atoms with Gasteiger partial charge in [0.05, 0.1) is 6.54 Å². The Morgan fingerprint density at radius 2 is 1.60 bits per heavy atom. The largest absolute Gasteiger partial charge is 0.480 e. The van der Waals surface area contributed by atoms with Gasteiger partial charge in [0.1, 0.15) is 12.6 Å². The number of nitrogens with zero attached hydrogens (tertiary/aromatic N) is 1. The van der Waals surface area contributed by atoms with Gasteiger partial charge in [-0.25, -0.2) is 9.59 Å². The molecule has 2 aromatic rings. The molecule has 0 heterocycles. The van der Waals surface area contributed by atoms with Crippen molar-refractivity contribution in [3.8, 4) is 0 Å². The minimum absolute atomic E-state index is 0.0408. The Labute approximate surface area is 287 Å². The molecule has 0 bridgehead atoms. The van der Waals surface area contributed by atoms with Gasteiger partial charge in [0, 0.05) is 30.2 Å². The zero-order valence-electron chi connectivity index (χ0n) is 29.6. The van der Waals surface area contributed by atoms with E-state index in [1.54, 1.807) is 4.90 Å². The molecule has 1 unspecified atom stereocenters. The minimum Gasteiger partial charge on any atom is -0.480 e. The Morgan fingerprint density at radius 3 is 2.19 bits per heavy atom. The van der Waals surface area contributed by atoms with Gasteiger partial charge in [-0.05, 0) is 55.9 Å². The van der Waals surface area contributed by atoms with Crippen LogP contribution in [0.2, 0.25) is 0 Å². The van der Waals surface area contributed by atoms with E-state index in [0.29, 0.717) is 19.5 Å². The number of hydrogen-bond acceptors (Lipinski definition) is 6. The Hall–Kier alpha value is -5.05. The number of carbonyl (C=O) groups is 3. The first-order valence-corrected chi connectivity index (χ1v) is 16.6. The van der Waals surface area contributed by atoms with E-state index in [-0.39, 0.29) is 13.2 Å². The summed E-state index contributed by atoms with van der Waals surface area (Å²) in [5.74, 6) is -1.18. The van der Waals surface area contributed by atoms with Crippen molar-refractivity contribution in [2.75, 3.05) is 13.1 Å². The summed E-state index contributed by atoms with van der Waals surface area (Å²) in [7, 11) is 0. The number of benzene rings is 2. The second kappa shape index (κ2) is 24.2. The first-order valence-electron chi connectivity index (χ1n) is 16.6. The van der Waals surface area contributed by atoms with Crippen LogP contribution in [0.4, 0.5) is 4.79 Å². The SMILES string of the molecule is CC.C\C=C/C=C\C(C)=C(/C)N/C(=C/CC)CN(C=O)Cc1ccc(/C(=C\CC)NCC(NC(=O)OCc2ccccc2)C(=O)O)cc1. The first kappa shape index (κ1) is 41.0. The van der Waals surface area contributed by atoms with E-state index in [2.05, 4.69) is 29.0 Å². The molecule has 0 fully saturated rings. The molecular weight excluding hydrogens is 604 g/mol. The average Bonchev–Trinajstić information content (AvgIpc) is 3.09. The van der Waals surface area contributed by atoms with E-state index in [4.69, 9.17) is 4.74 Å². The second-order valence-electron chi connectivity index (χ2n) is 10.7. The van der Waals surface area contributed by atoms with Crippen molar-refractivity contribution < 1.29 is 24.2 Å². The number of alkyl carbamates (subject to hydrolysis) is 1. The summed E-state index contributed by atoms with van der Waals surface area (Å²) in [5.41, 5.74) is 6.42. The summed E-state index contributed by atoms with van der Waals surface area (Å²) in [6.45, 7) is 14.9. The third-order valence-corrected chi connectivity index (χ3v) is 6.92. The van der Waals surface area contributed by atoms with Gasteiger partial charge in [-0.2, -0.15) is 0 Å². The van der Waals surface area contributed by atoms with E-state index < -0.39 is 18.1 Å². The molecule has 0 aliphatic rings. The van der Waals surface area contributed by atoms with E-state index in [0.717, 1.165) is 52.2 Å². The normalized spacial score (nSPS) is 12.8. The number of ether oxygens (including phenoxy) is 1. The van der Waals surface area contributed by atoms with Crippen LogP contribution in [0.15, 0.2) is 108 Å². The van der Waals surface area contributed by atoms with Gasteiger partial charge in [0.25, 0.3) is 0 Å². The van der Waals surface area contributed by atoms with Crippen molar-refractivity contribution in [3.63, 3.8) is 0 Å². The molecule has 9 nitrogen and oxygen atoms in total. The molecule has 260 valence electrons. The number of allylic oxidation sites excluding steroid dienone is 8. The average molecular weight is 659 g/mol. The molecule has 2 amide bonds. The summed E-state index contributed by atoms with van der Waals surface area (Å²) in [6, 6.07) is 15.7. The topological polar surface area (TPSA) is 120 Å². The van der Waals surface area contributed by atoms with Crippen molar-refractivity contribution in [1.29, 1.82) is 0 Å². The Bertz CT molecular complexity index is 1410. The molecule has 0 radical (unpaired) electrons. The Kier molecular flexibility index (Phi) is 20.6. The maximum absolute atomic E-state index is 12.3. The smallest absolute Gasteiger partial charge is 0.408 e. The van der Waals surface area contributed by atoms with Crippen molar-refractivity contribution in [3.05, 3.63) is 125 Å². The van der Waals surface area contributed by atoms with Crippen molar-refractivity contribution >= 4 is 24.2 Å². The zero-order valence-corrected chi connectivity index (χ0v) is 29.6. The monoisotopic (exact) mass is 658 g/mol. The predicted molar refractivity (Wildman–Crippen MR) is 196 cm³/mol. The molecule has 4 N–H and O–H groups in total. The lowest BCUT2D eigenvalue weighted by Gasteiger charge is -2.22. The van der Waals surface area contributed by atoms with Gasteiger partial charge in [-0.1, -0.05) is 119 Å². The van der Waals surface area contributed by atoms with Crippen LogP contribution in [0, 0.1) is 0 Å². The number of amides is 2. The van der Waals surface area contributed by atoms with Gasteiger partial charge >= 0.3 is 12.1 Å². The van der Waals surface area contributed by atoms with E-state index in [1.165, 1.54) is 0 Å². The van der Waals surface area contributed by atoms with Crippen molar-refractivity contribution in [2.24, 2.45) is 0 Å². The molecular formula is C39H54N4O5. The highest BCUT2D eigenvalue weighted by Crippen LogP contribution is 2.16. The molecule has 0 aromatic heterocycles. The number of aliphatic carboxylic acids is 1. The Balaban J connectivity index is 0.00000565. The van der Waals surface area contributed by atoms with Crippen LogP contribution in [0.3, 0.4) is 0 Å². The van der Waals surface area contributed by atoms with Gasteiger partial charge in [-0.15, -0.1) is 0 Å². The van der Waals surface area contributed by atoms with Gasteiger partial charge in [-0.3, -0.25) is 4.79 Å². The number of hydrogen-bond donors (Lipinski definition) is 4. The van der Waals surface area contributed by atoms with Crippen LogP contribution >= 0.6 is 0 Å². The highest BCUT2D eigenvalue weighted by molar-refractivity contribution is 5.80. The molecule has 9 heteroatoms. The summed E-state index contributed by atoms with van der Waals surface area (Å²) in [4.78, 5) is 37.9. The lowest BCUT2D eigenvalue weighted by atomic mass is 10.1. The van der Waals surface area contributed by atoms with E-state index >= 15 is 0 Å². The van der Waals surface area contributed by atoms with Crippen LogP contribution in [0.1, 0.15) is 78.0 Å². The minimum atomic E-state index is -1.20. The Morgan fingerprint density at radius 1 is 0.938 bits per heavy atom. The third kappa shape index (κ3) is 16.0. The van der Waals surface area contributed by atoms with Crippen LogP contribution < -0.4 is 16.0 Å². The van der Waals surface area contributed by atoms with E-state index in [9.17, 15) is 19.5 Å². The third-order valence-electron chi connectivity index (χ3n) is 6.92. The second-order valence-corrected chi connectivity index (χ2v) is 10.7. The number of carbonyl (C=O) groups excluding carboxylic acids is 2. The fourth-order valence-electron chi connectivity index (χ4n) is 4.37. The molecule has 0 saturated carbocycles. The lowest BCUT2D eigenvalue weighted by molar-refractivity contribution is -0.139. The molecule has 0 aliphatic heterocycles.